The molecule has 3 nitrogen and oxygen atoms in total. The van der Waals surface area contributed by atoms with E-state index in [1.807, 2.05) is 0 Å². The van der Waals surface area contributed by atoms with Gasteiger partial charge in [0.05, 0.1) is 7.11 Å². The molecular weight excluding hydrogens is 212 g/mol. The molecule has 0 aromatic heterocycles. The Hall–Kier alpha value is -1.22. The van der Waals surface area contributed by atoms with Crippen molar-refractivity contribution in [3.63, 3.8) is 0 Å². The third-order valence-electron chi connectivity index (χ3n) is 3.53. The maximum Gasteiger partial charge on any atom is 0.124 e. The van der Waals surface area contributed by atoms with Gasteiger partial charge in [0.2, 0.25) is 0 Å². The monoisotopic (exact) mass is 234 g/mol. The van der Waals surface area contributed by atoms with Gasteiger partial charge in [-0.15, -0.1) is 0 Å². The number of hydrogen-bond donors (Lipinski definition) is 1. The van der Waals surface area contributed by atoms with Gasteiger partial charge < -0.3 is 15.0 Å². The zero-order valence-corrected chi connectivity index (χ0v) is 11.2. The number of benzene rings is 1. The Kier molecular flexibility index (Phi) is 3.57. The highest BCUT2D eigenvalue weighted by Crippen LogP contribution is 2.36. The van der Waals surface area contributed by atoms with Gasteiger partial charge in [0.25, 0.3) is 0 Å². The van der Waals surface area contributed by atoms with E-state index in [0.717, 1.165) is 25.1 Å². The van der Waals surface area contributed by atoms with Gasteiger partial charge in [-0.3, -0.25) is 0 Å². The van der Waals surface area contributed by atoms with Gasteiger partial charge in [0.15, 0.2) is 0 Å². The van der Waals surface area contributed by atoms with Crippen LogP contribution in [-0.4, -0.2) is 32.6 Å². The molecular formula is C14H22N2O. The van der Waals surface area contributed by atoms with Crippen LogP contribution in [0, 0.1) is 0 Å². The Labute approximate surface area is 104 Å². The second-order valence-corrected chi connectivity index (χ2v) is 4.82. The normalized spacial score (nSPS) is 15.6. The highest BCUT2D eigenvalue weighted by Gasteiger charge is 2.21. The molecule has 0 amide bonds. The largest absolute Gasteiger partial charge is 0.496 e. The molecule has 0 spiro atoms. The minimum Gasteiger partial charge on any atom is -0.496 e. The van der Waals surface area contributed by atoms with Gasteiger partial charge in [-0.1, -0.05) is 6.92 Å². The number of nitrogens with zero attached hydrogens (tertiary/aromatic N) is 1. The highest BCUT2D eigenvalue weighted by atomic mass is 16.5. The molecule has 0 saturated carbocycles. The number of ether oxygens (including phenoxy) is 1. The van der Waals surface area contributed by atoms with Crippen molar-refractivity contribution in [2.45, 2.75) is 25.8 Å². The minimum absolute atomic E-state index is 0.414. The second kappa shape index (κ2) is 4.96. The van der Waals surface area contributed by atoms with E-state index >= 15 is 0 Å². The highest BCUT2D eigenvalue weighted by molar-refractivity contribution is 5.61. The van der Waals surface area contributed by atoms with E-state index in [9.17, 15) is 0 Å². The predicted molar refractivity (Wildman–Crippen MR) is 71.9 cm³/mol. The van der Waals surface area contributed by atoms with E-state index in [1.54, 1.807) is 7.11 Å². The van der Waals surface area contributed by atoms with Crippen molar-refractivity contribution in [1.29, 1.82) is 0 Å². The van der Waals surface area contributed by atoms with Crippen LogP contribution in [0.2, 0.25) is 0 Å². The first-order chi connectivity index (χ1) is 8.17. The quantitative estimate of drug-likeness (QED) is 0.867. The third kappa shape index (κ3) is 2.25. The average molecular weight is 234 g/mol. The first-order valence-electron chi connectivity index (χ1n) is 6.28. The van der Waals surface area contributed by atoms with Crippen LogP contribution < -0.4 is 10.1 Å². The molecule has 1 aromatic rings. The Morgan fingerprint density at radius 3 is 2.76 bits per heavy atom. The van der Waals surface area contributed by atoms with Crippen LogP contribution in [0.3, 0.4) is 0 Å². The van der Waals surface area contributed by atoms with Crippen LogP contribution in [-0.2, 0) is 6.42 Å². The molecule has 2 rings (SSSR count). The Morgan fingerprint density at radius 2 is 2.18 bits per heavy atom. The lowest BCUT2D eigenvalue weighted by molar-refractivity contribution is 0.282. The van der Waals surface area contributed by atoms with Gasteiger partial charge in [-0.2, -0.15) is 0 Å². The SMILES string of the molecule is CCC(c1cc2c(cc1OC)CCN2)N(C)C. The standard InChI is InChI=1S/C14H22N2O/c1-5-13(16(2)3)11-9-12-10(6-7-15-12)8-14(11)17-4/h8-9,13,15H,5-7H2,1-4H3. The maximum absolute atomic E-state index is 5.55. The lowest BCUT2D eigenvalue weighted by Crippen LogP contribution is -2.20. The molecule has 0 fully saturated rings. The fourth-order valence-electron chi connectivity index (χ4n) is 2.64. The number of hydrogen-bond acceptors (Lipinski definition) is 3. The Bertz CT molecular complexity index is 401. The maximum atomic E-state index is 5.55. The number of rotatable bonds is 4. The molecule has 1 N–H and O–H groups in total. The van der Waals surface area contributed by atoms with E-state index in [4.69, 9.17) is 4.74 Å². The molecule has 1 unspecified atom stereocenters. The molecule has 94 valence electrons. The van der Waals surface area contributed by atoms with Crippen LogP contribution in [0.4, 0.5) is 5.69 Å². The van der Waals surface area contributed by atoms with Crippen molar-refractivity contribution in [2.24, 2.45) is 0 Å². The number of methoxy groups -OCH3 is 1. The van der Waals surface area contributed by atoms with Crippen molar-refractivity contribution in [1.82, 2.24) is 4.90 Å². The first-order valence-corrected chi connectivity index (χ1v) is 6.28. The zero-order valence-electron chi connectivity index (χ0n) is 11.2. The molecule has 0 bridgehead atoms. The van der Waals surface area contributed by atoms with Crippen LogP contribution in [0.15, 0.2) is 12.1 Å². The smallest absolute Gasteiger partial charge is 0.124 e. The summed E-state index contributed by atoms with van der Waals surface area (Å²) in [5.74, 6) is 1.02. The number of anilines is 1. The van der Waals surface area contributed by atoms with Gasteiger partial charge >= 0.3 is 0 Å². The van der Waals surface area contributed by atoms with E-state index in [0.29, 0.717) is 6.04 Å². The summed E-state index contributed by atoms with van der Waals surface area (Å²) in [6.07, 6.45) is 2.19. The molecule has 0 aliphatic carbocycles. The molecule has 17 heavy (non-hydrogen) atoms. The van der Waals surface area contributed by atoms with E-state index < -0.39 is 0 Å². The van der Waals surface area contributed by atoms with E-state index in [-0.39, 0.29) is 0 Å². The molecule has 1 aliphatic heterocycles. The van der Waals surface area contributed by atoms with E-state index in [1.165, 1.54) is 16.8 Å². The van der Waals surface area contributed by atoms with Gasteiger partial charge in [-0.25, -0.2) is 0 Å². The van der Waals surface area contributed by atoms with Gasteiger partial charge in [0, 0.05) is 23.8 Å². The summed E-state index contributed by atoms with van der Waals surface area (Å²) in [7, 11) is 6.00. The van der Waals surface area contributed by atoms with Crippen molar-refractivity contribution >= 4 is 5.69 Å². The summed E-state index contributed by atoms with van der Waals surface area (Å²) in [6.45, 7) is 3.26. The van der Waals surface area contributed by atoms with Crippen LogP contribution in [0.5, 0.6) is 5.75 Å². The van der Waals surface area contributed by atoms with Gasteiger partial charge in [0.1, 0.15) is 5.75 Å². The van der Waals surface area contributed by atoms with E-state index in [2.05, 4.69) is 43.4 Å². The number of nitrogens with one attached hydrogen (secondary N) is 1. The molecule has 1 heterocycles. The van der Waals surface area contributed by atoms with Crippen LogP contribution >= 0.6 is 0 Å². The summed E-state index contributed by atoms with van der Waals surface area (Å²) in [5, 5.41) is 3.44. The topological polar surface area (TPSA) is 24.5 Å². The third-order valence-corrected chi connectivity index (χ3v) is 3.53. The molecule has 0 radical (unpaired) electrons. The molecule has 1 aromatic carbocycles. The summed E-state index contributed by atoms with van der Waals surface area (Å²) in [6, 6.07) is 4.87. The second-order valence-electron chi connectivity index (χ2n) is 4.82. The number of fused-ring (bicyclic) bond motifs is 1. The summed E-state index contributed by atoms with van der Waals surface area (Å²) in [5.41, 5.74) is 3.94. The molecule has 0 saturated heterocycles. The van der Waals surface area contributed by atoms with Crippen molar-refractivity contribution in [2.75, 3.05) is 33.1 Å². The van der Waals surface area contributed by atoms with Crippen LogP contribution in [0.25, 0.3) is 0 Å². The fourth-order valence-corrected chi connectivity index (χ4v) is 2.64. The fraction of sp³-hybridized carbons (Fsp3) is 0.571. The first kappa shape index (κ1) is 12.2. The molecule has 1 aliphatic rings. The van der Waals surface area contributed by atoms with Crippen LogP contribution in [0.1, 0.15) is 30.5 Å². The van der Waals surface area contributed by atoms with Crippen molar-refractivity contribution in [3.8, 4) is 5.75 Å². The van der Waals surface area contributed by atoms with Crippen molar-refractivity contribution < 1.29 is 4.74 Å². The lowest BCUT2D eigenvalue weighted by Gasteiger charge is -2.25. The summed E-state index contributed by atoms with van der Waals surface area (Å²) in [4.78, 5) is 2.25. The predicted octanol–water partition coefficient (Wildman–Crippen LogP) is 2.68. The summed E-state index contributed by atoms with van der Waals surface area (Å²) >= 11 is 0. The Morgan fingerprint density at radius 1 is 1.41 bits per heavy atom. The lowest BCUT2D eigenvalue weighted by atomic mass is 9.99. The molecule has 1 atom stereocenters. The average Bonchev–Trinajstić information content (AvgIpc) is 2.75. The minimum atomic E-state index is 0.414. The van der Waals surface area contributed by atoms with Gasteiger partial charge in [-0.05, 0) is 44.6 Å². The summed E-state index contributed by atoms with van der Waals surface area (Å²) < 4.78 is 5.55. The van der Waals surface area contributed by atoms with Crippen molar-refractivity contribution in [3.05, 3.63) is 23.3 Å². The Balaban J connectivity index is 2.44. The zero-order chi connectivity index (χ0) is 12.4. The molecule has 3 heteroatoms.